The standard InChI is InChI=1S/C18H14ClF3N6O4/c19-14-6-12(18(20,21)22)8-24-16(14)26-3-1-25(2-4-26)15(29)10-27-9-13(28(31)32)5-11(7-23)17(27)30/h5-6,8-9H,1-4,10H2. The monoisotopic (exact) mass is 470 g/mol. The number of alkyl halides is 3. The SMILES string of the molecule is N#Cc1cc([N+](=O)[O-])cn(CC(=O)N2CCN(c3ncc(C(F)(F)F)cc3Cl)CC2)c1=O. The van der Waals surface area contributed by atoms with E-state index >= 15 is 0 Å². The Labute approximate surface area is 183 Å². The first kappa shape index (κ1) is 23.0. The second-order valence-electron chi connectivity index (χ2n) is 6.81. The van der Waals surface area contributed by atoms with Gasteiger partial charge in [0.15, 0.2) is 0 Å². The lowest BCUT2D eigenvalue weighted by atomic mass is 10.2. The van der Waals surface area contributed by atoms with Crippen molar-refractivity contribution in [2.24, 2.45) is 0 Å². The van der Waals surface area contributed by atoms with Crippen molar-refractivity contribution in [3.63, 3.8) is 0 Å². The topological polar surface area (TPSA) is 125 Å². The molecular formula is C18H14ClF3N6O4. The molecule has 1 amide bonds. The number of pyridine rings is 2. The molecule has 0 aromatic carbocycles. The van der Waals surface area contributed by atoms with Crippen LogP contribution in [0.5, 0.6) is 0 Å². The van der Waals surface area contributed by atoms with Crippen molar-refractivity contribution in [1.29, 1.82) is 5.26 Å². The van der Waals surface area contributed by atoms with Gasteiger partial charge in [-0.2, -0.15) is 18.4 Å². The maximum Gasteiger partial charge on any atom is 0.417 e. The molecule has 2 aromatic heterocycles. The number of piperazine rings is 1. The molecule has 14 heteroatoms. The van der Waals surface area contributed by atoms with Crippen LogP contribution in [0, 0.1) is 21.4 Å². The highest BCUT2D eigenvalue weighted by Gasteiger charge is 2.32. The Hall–Kier alpha value is -3.66. The lowest BCUT2D eigenvalue weighted by molar-refractivity contribution is -0.385. The largest absolute Gasteiger partial charge is 0.417 e. The van der Waals surface area contributed by atoms with Crippen LogP contribution in [0.1, 0.15) is 11.1 Å². The van der Waals surface area contributed by atoms with E-state index in [1.165, 1.54) is 4.90 Å². The molecule has 2 aromatic rings. The third-order valence-corrected chi connectivity index (χ3v) is 5.07. The van der Waals surface area contributed by atoms with Gasteiger partial charge < -0.3 is 9.80 Å². The van der Waals surface area contributed by atoms with Crippen LogP contribution in [0.2, 0.25) is 5.02 Å². The lowest BCUT2D eigenvalue weighted by Crippen LogP contribution is -2.50. The van der Waals surface area contributed by atoms with Gasteiger partial charge in [-0.3, -0.25) is 24.3 Å². The number of carbonyl (C=O) groups is 1. The van der Waals surface area contributed by atoms with Crippen molar-refractivity contribution in [1.82, 2.24) is 14.5 Å². The van der Waals surface area contributed by atoms with Crippen molar-refractivity contribution in [3.8, 4) is 6.07 Å². The van der Waals surface area contributed by atoms with E-state index in [0.29, 0.717) is 6.20 Å². The summed E-state index contributed by atoms with van der Waals surface area (Å²) in [6, 6.07) is 3.18. The van der Waals surface area contributed by atoms with Gasteiger partial charge in [-0.15, -0.1) is 0 Å². The van der Waals surface area contributed by atoms with Crippen LogP contribution in [-0.2, 0) is 17.5 Å². The van der Waals surface area contributed by atoms with Crippen molar-refractivity contribution in [3.05, 3.63) is 61.1 Å². The number of hydrogen-bond acceptors (Lipinski definition) is 7. The smallest absolute Gasteiger partial charge is 0.352 e. The first-order valence-corrected chi connectivity index (χ1v) is 9.43. The van der Waals surface area contributed by atoms with Gasteiger partial charge in [-0.25, -0.2) is 4.98 Å². The van der Waals surface area contributed by atoms with E-state index in [1.54, 1.807) is 11.0 Å². The molecular weight excluding hydrogens is 457 g/mol. The normalized spacial score (nSPS) is 14.2. The summed E-state index contributed by atoms with van der Waals surface area (Å²) in [5.41, 5.74) is -2.76. The Balaban J connectivity index is 1.69. The summed E-state index contributed by atoms with van der Waals surface area (Å²) < 4.78 is 39.1. The molecule has 0 radical (unpaired) electrons. The minimum Gasteiger partial charge on any atom is -0.352 e. The van der Waals surface area contributed by atoms with E-state index in [0.717, 1.165) is 22.9 Å². The van der Waals surface area contributed by atoms with Crippen LogP contribution in [0.25, 0.3) is 0 Å². The number of rotatable bonds is 4. The number of halogens is 4. The quantitative estimate of drug-likeness (QED) is 0.494. The molecule has 0 aliphatic carbocycles. The molecule has 0 unspecified atom stereocenters. The fraction of sp³-hybridized carbons (Fsp3) is 0.333. The van der Waals surface area contributed by atoms with E-state index in [4.69, 9.17) is 16.9 Å². The van der Waals surface area contributed by atoms with Gasteiger partial charge >= 0.3 is 6.18 Å². The molecule has 168 valence electrons. The molecule has 3 heterocycles. The Morgan fingerprint density at radius 3 is 2.47 bits per heavy atom. The Kier molecular flexibility index (Phi) is 6.35. The first-order chi connectivity index (χ1) is 15.0. The van der Waals surface area contributed by atoms with Crippen LogP contribution in [-0.4, -0.2) is 51.5 Å². The fourth-order valence-corrected chi connectivity index (χ4v) is 3.43. The van der Waals surface area contributed by atoms with Crippen molar-refractivity contribution < 1.29 is 22.9 Å². The second-order valence-corrected chi connectivity index (χ2v) is 7.22. The number of nitriles is 1. The van der Waals surface area contributed by atoms with E-state index < -0.39 is 45.9 Å². The third kappa shape index (κ3) is 4.80. The molecule has 0 spiro atoms. The van der Waals surface area contributed by atoms with Gasteiger partial charge in [0.1, 0.15) is 24.0 Å². The average molecular weight is 471 g/mol. The number of amides is 1. The summed E-state index contributed by atoms with van der Waals surface area (Å²) in [6.07, 6.45) is -3.00. The Morgan fingerprint density at radius 1 is 1.28 bits per heavy atom. The third-order valence-electron chi connectivity index (χ3n) is 4.79. The molecule has 0 bridgehead atoms. The van der Waals surface area contributed by atoms with Gasteiger partial charge in [0.2, 0.25) is 5.91 Å². The van der Waals surface area contributed by atoms with Gasteiger partial charge in [0.05, 0.1) is 21.7 Å². The second kappa shape index (κ2) is 8.83. The highest BCUT2D eigenvalue weighted by molar-refractivity contribution is 6.33. The zero-order valence-electron chi connectivity index (χ0n) is 16.2. The fourth-order valence-electron chi connectivity index (χ4n) is 3.15. The van der Waals surface area contributed by atoms with Gasteiger partial charge in [0.25, 0.3) is 11.2 Å². The minimum atomic E-state index is -4.57. The maximum atomic E-state index is 12.8. The first-order valence-electron chi connectivity index (χ1n) is 9.05. The molecule has 1 aliphatic rings. The Bertz CT molecular complexity index is 1170. The summed E-state index contributed by atoms with van der Waals surface area (Å²) in [5, 5.41) is 19.8. The summed E-state index contributed by atoms with van der Waals surface area (Å²) in [7, 11) is 0. The number of hydrogen-bond donors (Lipinski definition) is 0. The van der Waals surface area contributed by atoms with Gasteiger partial charge in [-0.1, -0.05) is 11.6 Å². The lowest BCUT2D eigenvalue weighted by Gasteiger charge is -2.36. The maximum absolute atomic E-state index is 12.8. The number of anilines is 1. The molecule has 32 heavy (non-hydrogen) atoms. The number of carbonyl (C=O) groups excluding carboxylic acids is 1. The van der Waals surface area contributed by atoms with Gasteiger partial charge in [-0.05, 0) is 6.07 Å². The van der Waals surface area contributed by atoms with E-state index in [2.05, 4.69) is 4.98 Å². The molecule has 0 N–H and O–H groups in total. The van der Waals surface area contributed by atoms with Crippen molar-refractivity contribution in [2.45, 2.75) is 12.7 Å². The molecule has 10 nitrogen and oxygen atoms in total. The molecule has 1 fully saturated rings. The zero-order chi connectivity index (χ0) is 23.6. The summed E-state index contributed by atoms with van der Waals surface area (Å²) in [6.45, 7) is 0.252. The summed E-state index contributed by atoms with van der Waals surface area (Å²) >= 11 is 5.96. The number of nitro groups is 1. The van der Waals surface area contributed by atoms with Crippen LogP contribution in [0.15, 0.2) is 29.3 Å². The predicted octanol–water partition coefficient (Wildman–Crippen LogP) is 2.04. The van der Waals surface area contributed by atoms with Crippen molar-refractivity contribution in [2.75, 3.05) is 31.1 Å². The van der Waals surface area contributed by atoms with Gasteiger partial charge in [0, 0.05) is 38.4 Å². The molecule has 1 aliphatic heterocycles. The van der Waals surface area contributed by atoms with E-state index in [-0.39, 0.29) is 37.0 Å². The minimum absolute atomic E-state index is 0.153. The molecule has 0 atom stereocenters. The van der Waals surface area contributed by atoms with Crippen molar-refractivity contribution >= 4 is 29.0 Å². The van der Waals surface area contributed by atoms with Crippen LogP contribution in [0.3, 0.4) is 0 Å². The van der Waals surface area contributed by atoms with E-state index in [1.807, 2.05) is 0 Å². The average Bonchev–Trinajstić information content (AvgIpc) is 2.74. The number of aromatic nitrogens is 2. The highest BCUT2D eigenvalue weighted by Crippen LogP contribution is 2.33. The Morgan fingerprint density at radius 2 is 1.94 bits per heavy atom. The van der Waals surface area contributed by atoms with Crippen LogP contribution in [0.4, 0.5) is 24.7 Å². The molecule has 1 saturated heterocycles. The highest BCUT2D eigenvalue weighted by atomic mass is 35.5. The zero-order valence-corrected chi connectivity index (χ0v) is 16.9. The molecule has 3 rings (SSSR count). The molecule has 0 saturated carbocycles. The summed E-state index contributed by atoms with van der Waals surface area (Å²) in [4.78, 5) is 41.8. The number of nitrogens with zero attached hydrogens (tertiary/aromatic N) is 6. The van der Waals surface area contributed by atoms with E-state index in [9.17, 15) is 32.9 Å². The summed E-state index contributed by atoms with van der Waals surface area (Å²) in [5.74, 6) is -0.358. The van der Waals surface area contributed by atoms with Crippen LogP contribution >= 0.6 is 11.6 Å². The predicted molar refractivity (Wildman–Crippen MR) is 105 cm³/mol. The van der Waals surface area contributed by atoms with Crippen LogP contribution < -0.4 is 10.5 Å².